The van der Waals surface area contributed by atoms with Gasteiger partial charge in [0.1, 0.15) is 16.6 Å². The lowest BCUT2D eigenvalue weighted by Gasteiger charge is -2.31. The van der Waals surface area contributed by atoms with Gasteiger partial charge < -0.3 is 9.64 Å². The largest absolute Gasteiger partial charge is 0.494 e. The Bertz CT molecular complexity index is 753. The number of thioether (sulfide) groups is 1. The van der Waals surface area contributed by atoms with E-state index in [4.69, 9.17) is 17.0 Å². The molecule has 5 nitrogen and oxygen atoms in total. The van der Waals surface area contributed by atoms with Crippen molar-refractivity contribution in [2.45, 2.75) is 26.7 Å². The number of nitrogens with zero attached hydrogens (tertiary/aromatic N) is 2. The SMILES string of the molecule is CCOc1ccc(/C=C2\SC(=S)N(CC(=O)N3CCC(C)CC3)C2=O)cc1. The zero-order chi connectivity index (χ0) is 19.4. The van der Waals surface area contributed by atoms with E-state index < -0.39 is 0 Å². The first-order valence-corrected chi connectivity index (χ1v) is 10.5. The lowest BCUT2D eigenvalue weighted by atomic mass is 9.99. The van der Waals surface area contributed by atoms with Gasteiger partial charge in [0.15, 0.2) is 0 Å². The first kappa shape index (κ1) is 19.9. The number of ether oxygens (including phenoxy) is 1. The summed E-state index contributed by atoms with van der Waals surface area (Å²) in [5.41, 5.74) is 0.898. The molecular weight excluding hydrogens is 380 g/mol. The van der Waals surface area contributed by atoms with Gasteiger partial charge in [-0.3, -0.25) is 14.5 Å². The maximum Gasteiger partial charge on any atom is 0.266 e. The molecule has 0 aromatic heterocycles. The van der Waals surface area contributed by atoms with E-state index in [1.165, 1.54) is 16.7 Å². The molecule has 144 valence electrons. The molecule has 1 aromatic rings. The molecule has 0 N–H and O–H groups in total. The molecule has 2 amide bonds. The maximum absolute atomic E-state index is 12.7. The van der Waals surface area contributed by atoms with Gasteiger partial charge in [-0.2, -0.15) is 0 Å². The molecule has 0 spiro atoms. The van der Waals surface area contributed by atoms with Crippen LogP contribution >= 0.6 is 24.0 Å². The Hall–Kier alpha value is -1.86. The summed E-state index contributed by atoms with van der Waals surface area (Å²) >= 11 is 6.59. The second kappa shape index (κ2) is 8.89. The highest BCUT2D eigenvalue weighted by molar-refractivity contribution is 8.26. The van der Waals surface area contributed by atoms with E-state index >= 15 is 0 Å². The molecular formula is C20H24N2O3S2. The number of piperidine rings is 1. The predicted octanol–water partition coefficient (Wildman–Crippen LogP) is 3.55. The smallest absolute Gasteiger partial charge is 0.266 e. The maximum atomic E-state index is 12.7. The van der Waals surface area contributed by atoms with Gasteiger partial charge in [-0.25, -0.2) is 0 Å². The van der Waals surface area contributed by atoms with Crippen molar-refractivity contribution in [2.75, 3.05) is 26.2 Å². The molecule has 27 heavy (non-hydrogen) atoms. The third-order valence-electron chi connectivity index (χ3n) is 4.79. The van der Waals surface area contributed by atoms with Crippen molar-refractivity contribution < 1.29 is 14.3 Å². The van der Waals surface area contributed by atoms with E-state index in [1.54, 1.807) is 0 Å². The highest BCUT2D eigenvalue weighted by Gasteiger charge is 2.34. The summed E-state index contributed by atoms with van der Waals surface area (Å²) in [5.74, 6) is 1.23. The molecule has 3 rings (SSSR count). The summed E-state index contributed by atoms with van der Waals surface area (Å²) in [6, 6.07) is 7.54. The van der Waals surface area contributed by atoms with Crippen LogP contribution in [0, 0.1) is 5.92 Å². The van der Waals surface area contributed by atoms with Crippen LogP contribution in [0.2, 0.25) is 0 Å². The molecule has 0 bridgehead atoms. The summed E-state index contributed by atoms with van der Waals surface area (Å²) in [5, 5.41) is 0. The van der Waals surface area contributed by atoms with Crippen molar-refractivity contribution in [3.05, 3.63) is 34.7 Å². The molecule has 7 heteroatoms. The second-order valence-corrected chi connectivity index (χ2v) is 8.51. The van der Waals surface area contributed by atoms with Crippen LogP contribution in [0.25, 0.3) is 6.08 Å². The molecule has 2 heterocycles. The predicted molar refractivity (Wildman–Crippen MR) is 112 cm³/mol. The minimum Gasteiger partial charge on any atom is -0.494 e. The van der Waals surface area contributed by atoms with E-state index in [-0.39, 0.29) is 18.4 Å². The van der Waals surface area contributed by atoms with E-state index in [0.717, 1.165) is 37.2 Å². The standard InChI is InChI=1S/C20H24N2O3S2/c1-3-25-16-6-4-15(5-7-16)12-17-19(24)22(20(26)27-17)13-18(23)21-10-8-14(2)9-11-21/h4-7,12,14H,3,8-11,13H2,1-2H3/b17-12-. The topological polar surface area (TPSA) is 49.9 Å². The number of thiocarbonyl (C=S) groups is 1. The van der Waals surface area contributed by atoms with Crippen molar-refractivity contribution in [1.29, 1.82) is 0 Å². The number of amides is 2. The number of hydrogen-bond donors (Lipinski definition) is 0. The Labute approximate surface area is 169 Å². The van der Waals surface area contributed by atoms with Crippen molar-refractivity contribution in [2.24, 2.45) is 5.92 Å². The molecule has 0 atom stereocenters. The van der Waals surface area contributed by atoms with Gasteiger partial charge in [-0.1, -0.05) is 43.0 Å². The van der Waals surface area contributed by atoms with Crippen molar-refractivity contribution in [1.82, 2.24) is 9.80 Å². The van der Waals surface area contributed by atoms with Crippen molar-refractivity contribution >= 4 is 46.2 Å². The van der Waals surface area contributed by atoms with Gasteiger partial charge in [0.25, 0.3) is 5.91 Å². The van der Waals surface area contributed by atoms with E-state index in [2.05, 4.69) is 6.92 Å². The molecule has 2 aliphatic rings. The van der Waals surface area contributed by atoms with Gasteiger partial charge >= 0.3 is 0 Å². The number of rotatable bonds is 5. The highest BCUT2D eigenvalue weighted by atomic mass is 32.2. The number of hydrogen-bond acceptors (Lipinski definition) is 5. The summed E-state index contributed by atoms with van der Waals surface area (Å²) in [6.07, 6.45) is 3.84. The van der Waals surface area contributed by atoms with Gasteiger partial charge in [0.05, 0.1) is 11.5 Å². The molecule has 2 aliphatic heterocycles. The zero-order valence-corrected chi connectivity index (χ0v) is 17.3. The summed E-state index contributed by atoms with van der Waals surface area (Å²) in [6.45, 7) is 6.30. The van der Waals surface area contributed by atoms with E-state index in [0.29, 0.717) is 21.8 Å². The number of carbonyl (C=O) groups is 2. The fourth-order valence-electron chi connectivity index (χ4n) is 3.11. The summed E-state index contributed by atoms with van der Waals surface area (Å²) in [4.78, 5) is 29.1. The van der Waals surface area contributed by atoms with Crippen LogP contribution < -0.4 is 4.74 Å². The van der Waals surface area contributed by atoms with Crippen LogP contribution in [-0.4, -0.2) is 52.2 Å². The lowest BCUT2D eigenvalue weighted by Crippen LogP contribution is -2.45. The Morgan fingerprint density at radius 1 is 1.30 bits per heavy atom. The fourth-order valence-corrected chi connectivity index (χ4v) is 4.36. The highest BCUT2D eigenvalue weighted by Crippen LogP contribution is 2.33. The summed E-state index contributed by atoms with van der Waals surface area (Å²) in [7, 11) is 0. The Morgan fingerprint density at radius 2 is 1.96 bits per heavy atom. The Kier molecular flexibility index (Phi) is 6.55. The number of carbonyl (C=O) groups excluding carboxylic acids is 2. The van der Waals surface area contributed by atoms with Crippen molar-refractivity contribution in [3.63, 3.8) is 0 Å². The molecule has 0 aliphatic carbocycles. The average Bonchev–Trinajstić information content (AvgIpc) is 2.91. The van der Waals surface area contributed by atoms with Crippen LogP contribution in [0.4, 0.5) is 0 Å². The molecule has 2 fully saturated rings. The van der Waals surface area contributed by atoms with Crippen LogP contribution in [0.5, 0.6) is 5.75 Å². The molecule has 0 saturated carbocycles. The molecule has 0 radical (unpaired) electrons. The second-order valence-electron chi connectivity index (χ2n) is 6.83. The Morgan fingerprint density at radius 3 is 2.59 bits per heavy atom. The minimum atomic E-state index is -0.197. The van der Waals surface area contributed by atoms with Gasteiger partial charge in [-0.15, -0.1) is 0 Å². The first-order valence-electron chi connectivity index (χ1n) is 9.24. The number of benzene rings is 1. The zero-order valence-electron chi connectivity index (χ0n) is 15.6. The molecule has 1 aromatic carbocycles. The average molecular weight is 405 g/mol. The normalized spacial score (nSPS) is 19.9. The van der Waals surface area contributed by atoms with Crippen LogP contribution in [-0.2, 0) is 9.59 Å². The van der Waals surface area contributed by atoms with Crippen LogP contribution in [0.1, 0.15) is 32.3 Å². The van der Waals surface area contributed by atoms with E-state index in [1.807, 2.05) is 42.2 Å². The molecule has 0 unspecified atom stereocenters. The fraction of sp³-hybridized carbons (Fsp3) is 0.450. The summed E-state index contributed by atoms with van der Waals surface area (Å²) < 4.78 is 5.87. The van der Waals surface area contributed by atoms with Crippen LogP contribution in [0.15, 0.2) is 29.2 Å². The monoisotopic (exact) mass is 404 g/mol. The third kappa shape index (κ3) is 4.90. The van der Waals surface area contributed by atoms with Crippen molar-refractivity contribution in [3.8, 4) is 5.75 Å². The van der Waals surface area contributed by atoms with E-state index in [9.17, 15) is 9.59 Å². The van der Waals surface area contributed by atoms with Crippen LogP contribution in [0.3, 0.4) is 0 Å². The number of likely N-dealkylation sites (tertiary alicyclic amines) is 1. The lowest BCUT2D eigenvalue weighted by molar-refractivity contribution is -0.136. The first-order chi connectivity index (χ1) is 13.0. The quantitative estimate of drug-likeness (QED) is 0.555. The van der Waals surface area contributed by atoms with Gasteiger partial charge in [-0.05, 0) is 49.5 Å². The molecule has 2 saturated heterocycles. The third-order valence-corrected chi connectivity index (χ3v) is 6.17. The van der Waals surface area contributed by atoms with Gasteiger partial charge in [0, 0.05) is 13.1 Å². The minimum absolute atomic E-state index is 0.0273. The Balaban J connectivity index is 1.64. The van der Waals surface area contributed by atoms with Gasteiger partial charge in [0.2, 0.25) is 5.91 Å².